The molecule has 0 aromatic carbocycles. The van der Waals surface area contributed by atoms with Gasteiger partial charge in [-0.25, -0.2) is 13.1 Å². The van der Waals surface area contributed by atoms with Crippen molar-refractivity contribution in [1.82, 2.24) is 14.9 Å². The van der Waals surface area contributed by atoms with Gasteiger partial charge in [0.05, 0.1) is 5.75 Å². The average molecular weight is 303 g/mol. The van der Waals surface area contributed by atoms with Crippen LogP contribution in [0.25, 0.3) is 0 Å². The molecule has 2 N–H and O–H groups in total. The summed E-state index contributed by atoms with van der Waals surface area (Å²) in [6.07, 6.45) is 6.74. The van der Waals surface area contributed by atoms with E-state index in [0.29, 0.717) is 18.2 Å². The number of piperazine rings is 1. The summed E-state index contributed by atoms with van der Waals surface area (Å²) < 4.78 is 26.8. The van der Waals surface area contributed by atoms with Crippen LogP contribution in [0.1, 0.15) is 38.5 Å². The Hall–Kier alpha value is -0.170. The molecule has 1 aliphatic carbocycles. The molecule has 0 amide bonds. The van der Waals surface area contributed by atoms with E-state index in [1.165, 1.54) is 19.3 Å². The molecule has 0 atom stereocenters. The van der Waals surface area contributed by atoms with E-state index in [2.05, 4.69) is 14.9 Å². The normalized spacial score (nSPS) is 23.0. The van der Waals surface area contributed by atoms with Crippen molar-refractivity contribution in [3.05, 3.63) is 0 Å². The monoisotopic (exact) mass is 303 g/mol. The van der Waals surface area contributed by atoms with Gasteiger partial charge in [0.15, 0.2) is 0 Å². The first-order valence-corrected chi connectivity index (χ1v) is 9.71. The van der Waals surface area contributed by atoms with Crippen LogP contribution in [0.5, 0.6) is 0 Å². The van der Waals surface area contributed by atoms with Gasteiger partial charge in [0.25, 0.3) is 0 Å². The summed E-state index contributed by atoms with van der Waals surface area (Å²) in [5, 5.41) is 3.32. The molecule has 0 radical (unpaired) electrons. The summed E-state index contributed by atoms with van der Waals surface area (Å²) in [7, 11) is -3.07. The summed E-state index contributed by atoms with van der Waals surface area (Å²) >= 11 is 0. The van der Waals surface area contributed by atoms with E-state index in [1.807, 2.05) is 0 Å². The lowest BCUT2D eigenvalue weighted by Gasteiger charge is -2.27. The highest BCUT2D eigenvalue weighted by molar-refractivity contribution is 7.89. The lowest BCUT2D eigenvalue weighted by atomic mass is 9.91. The Morgan fingerprint density at radius 1 is 1.10 bits per heavy atom. The minimum atomic E-state index is -3.07. The Bertz CT molecular complexity index is 361. The Labute approximate surface area is 123 Å². The Balaban J connectivity index is 1.59. The maximum atomic E-state index is 12.0. The zero-order valence-electron chi connectivity index (χ0n) is 12.4. The highest BCUT2D eigenvalue weighted by atomic mass is 32.2. The second-order valence-corrected chi connectivity index (χ2v) is 7.98. The van der Waals surface area contributed by atoms with Crippen molar-refractivity contribution in [1.29, 1.82) is 0 Å². The van der Waals surface area contributed by atoms with Crippen molar-refractivity contribution in [3.8, 4) is 0 Å². The summed E-state index contributed by atoms with van der Waals surface area (Å²) in [6.45, 7) is 5.83. The van der Waals surface area contributed by atoms with E-state index in [0.717, 1.165) is 52.0 Å². The third kappa shape index (κ3) is 6.08. The van der Waals surface area contributed by atoms with Gasteiger partial charge in [0.1, 0.15) is 0 Å². The number of hydrogen-bond donors (Lipinski definition) is 2. The molecule has 5 nitrogen and oxygen atoms in total. The molecule has 0 aromatic rings. The van der Waals surface area contributed by atoms with E-state index >= 15 is 0 Å². The van der Waals surface area contributed by atoms with Gasteiger partial charge < -0.3 is 10.2 Å². The standard InChI is InChI=1S/C14H29N3O2S/c18-20(19,13-14-5-2-1-3-6-14)16-7-4-10-17-11-8-15-9-12-17/h14-16H,1-13H2. The molecule has 0 aromatic heterocycles. The van der Waals surface area contributed by atoms with Crippen LogP contribution < -0.4 is 10.0 Å². The van der Waals surface area contributed by atoms with E-state index in [9.17, 15) is 8.42 Å². The van der Waals surface area contributed by atoms with Crippen molar-refractivity contribution in [2.24, 2.45) is 5.92 Å². The SMILES string of the molecule is O=S(=O)(CC1CCCCC1)NCCCN1CCNCC1. The molecule has 6 heteroatoms. The van der Waals surface area contributed by atoms with Gasteiger partial charge in [-0.15, -0.1) is 0 Å². The molecule has 1 aliphatic heterocycles. The third-order valence-corrected chi connectivity index (χ3v) is 5.92. The summed E-state index contributed by atoms with van der Waals surface area (Å²) in [5.41, 5.74) is 0. The highest BCUT2D eigenvalue weighted by Crippen LogP contribution is 2.24. The third-order valence-electron chi connectivity index (χ3n) is 4.36. The molecular weight excluding hydrogens is 274 g/mol. The summed E-state index contributed by atoms with van der Waals surface area (Å²) in [6, 6.07) is 0. The van der Waals surface area contributed by atoms with E-state index in [1.54, 1.807) is 0 Å². The molecule has 2 rings (SSSR count). The number of nitrogens with zero attached hydrogens (tertiary/aromatic N) is 1. The van der Waals surface area contributed by atoms with E-state index in [-0.39, 0.29) is 0 Å². The van der Waals surface area contributed by atoms with Crippen molar-refractivity contribution in [2.75, 3.05) is 45.0 Å². The van der Waals surface area contributed by atoms with Crippen LogP contribution in [-0.4, -0.2) is 58.3 Å². The van der Waals surface area contributed by atoms with Gasteiger partial charge in [-0.3, -0.25) is 0 Å². The Kier molecular flexibility index (Phi) is 6.74. The fraction of sp³-hybridized carbons (Fsp3) is 1.00. The van der Waals surface area contributed by atoms with Crippen LogP contribution in [0, 0.1) is 5.92 Å². The first-order chi connectivity index (χ1) is 9.66. The van der Waals surface area contributed by atoms with Crippen LogP contribution in [0.2, 0.25) is 0 Å². The molecule has 1 heterocycles. The first kappa shape index (κ1) is 16.2. The van der Waals surface area contributed by atoms with Gasteiger partial charge >= 0.3 is 0 Å². The number of hydrogen-bond acceptors (Lipinski definition) is 4. The number of sulfonamides is 1. The van der Waals surface area contributed by atoms with Crippen LogP contribution in [0.3, 0.4) is 0 Å². The lowest BCUT2D eigenvalue weighted by Crippen LogP contribution is -2.44. The highest BCUT2D eigenvalue weighted by Gasteiger charge is 2.20. The van der Waals surface area contributed by atoms with Crippen molar-refractivity contribution in [2.45, 2.75) is 38.5 Å². The maximum Gasteiger partial charge on any atom is 0.211 e. The fourth-order valence-electron chi connectivity index (χ4n) is 3.19. The molecule has 20 heavy (non-hydrogen) atoms. The Morgan fingerprint density at radius 2 is 1.80 bits per heavy atom. The van der Waals surface area contributed by atoms with Crippen LogP contribution in [0.4, 0.5) is 0 Å². The van der Waals surface area contributed by atoms with Gasteiger partial charge in [-0.2, -0.15) is 0 Å². The van der Waals surface area contributed by atoms with Crippen LogP contribution in [-0.2, 0) is 10.0 Å². The predicted octanol–water partition coefficient (Wildman–Crippen LogP) is 0.781. The molecule has 1 saturated carbocycles. The topological polar surface area (TPSA) is 61.4 Å². The molecule has 2 aliphatic rings. The molecular formula is C14H29N3O2S. The largest absolute Gasteiger partial charge is 0.314 e. The molecule has 1 saturated heterocycles. The molecule has 0 bridgehead atoms. The van der Waals surface area contributed by atoms with Crippen molar-refractivity contribution >= 4 is 10.0 Å². The van der Waals surface area contributed by atoms with Gasteiger partial charge in [-0.05, 0) is 31.7 Å². The lowest BCUT2D eigenvalue weighted by molar-refractivity contribution is 0.239. The average Bonchev–Trinajstić information content (AvgIpc) is 2.45. The van der Waals surface area contributed by atoms with Crippen molar-refractivity contribution < 1.29 is 8.42 Å². The molecule has 118 valence electrons. The van der Waals surface area contributed by atoms with Gasteiger partial charge in [0, 0.05) is 32.7 Å². The van der Waals surface area contributed by atoms with Crippen molar-refractivity contribution in [3.63, 3.8) is 0 Å². The smallest absolute Gasteiger partial charge is 0.211 e. The second-order valence-electron chi connectivity index (χ2n) is 6.12. The van der Waals surface area contributed by atoms with Crippen LogP contribution in [0.15, 0.2) is 0 Å². The summed E-state index contributed by atoms with van der Waals surface area (Å²) in [5.74, 6) is 0.718. The summed E-state index contributed by atoms with van der Waals surface area (Å²) in [4.78, 5) is 2.39. The first-order valence-electron chi connectivity index (χ1n) is 8.06. The van der Waals surface area contributed by atoms with Gasteiger partial charge in [0.2, 0.25) is 10.0 Å². The zero-order chi connectivity index (χ0) is 14.3. The Morgan fingerprint density at radius 3 is 2.50 bits per heavy atom. The molecule has 0 spiro atoms. The second kappa shape index (κ2) is 8.32. The fourth-order valence-corrected chi connectivity index (χ4v) is 4.72. The predicted molar refractivity (Wildman–Crippen MR) is 82.3 cm³/mol. The number of rotatable bonds is 7. The maximum absolute atomic E-state index is 12.0. The zero-order valence-corrected chi connectivity index (χ0v) is 13.3. The molecule has 2 fully saturated rings. The number of nitrogens with one attached hydrogen (secondary N) is 2. The minimum Gasteiger partial charge on any atom is -0.314 e. The minimum absolute atomic E-state index is 0.334. The quantitative estimate of drug-likeness (QED) is 0.682. The van der Waals surface area contributed by atoms with Crippen LogP contribution >= 0.6 is 0 Å². The van der Waals surface area contributed by atoms with E-state index in [4.69, 9.17) is 0 Å². The van der Waals surface area contributed by atoms with E-state index < -0.39 is 10.0 Å². The molecule has 0 unspecified atom stereocenters. The van der Waals surface area contributed by atoms with Gasteiger partial charge in [-0.1, -0.05) is 19.3 Å².